The first-order valence-corrected chi connectivity index (χ1v) is 10.2. The molecule has 2 aromatic rings. The molecule has 1 atom stereocenters. The van der Waals surface area contributed by atoms with Gasteiger partial charge in [0.1, 0.15) is 12.4 Å². The summed E-state index contributed by atoms with van der Waals surface area (Å²) in [7, 11) is 0. The maximum Gasteiger partial charge on any atom is 0.221 e. The molecule has 29 heavy (non-hydrogen) atoms. The van der Waals surface area contributed by atoms with E-state index in [0.29, 0.717) is 32.2 Å². The third-order valence-corrected chi connectivity index (χ3v) is 5.21. The second-order valence-corrected chi connectivity index (χ2v) is 7.38. The fourth-order valence-electron chi connectivity index (χ4n) is 3.62. The average molecular weight is 418 g/mol. The van der Waals surface area contributed by atoms with E-state index in [1.165, 1.54) is 24.0 Å². The van der Waals surface area contributed by atoms with Crippen molar-refractivity contribution in [1.29, 1.82) is 0 Å². The topological polar surface area (TPSA) is 67.6 Å². The molecular weight excluding hydrogens is 386 g/mol. The van der Waals surface area contributed by atoms with E-state index < -0.39 is 0 Å². The summed E-state index contributed by atoms with van der Waals surface area (Å²) in [6, 6.07) is 18.9. The highest BCUT2D eigenvalue weighted by molar-refractivity contribution is 5.85. The summed E-state index contributed by atoms with van der Waals surface area (Å²) in [4.78, 5) is 14.2. The maximum absolute atomic E-state index is 11.7. The predicted octanol–water partition coefficient (Wildman–Crippen LogP) is 3.51. The Kier molecular flexibility index (Phi) is 9.98. The molecule has 1 fully saturated rings. The Balaban J connectivity index is 0.00000300. The molecule has 5 nitrogen and oxygen atoms in total. The minimum Gasteiger partial charge on any atom is -0.489 e. The molecule has 0 saturated carbocycles. The van der Waals surface area contributed by atoms with E-state index in [1.54, 1.807) is 0 Å². The van der Waals surface area contributed by atoms with Gasteiger partial charge in [-0.3, -0.25) is 9.69 Å². The summed E-state index contributed by atoms with van der Waals surface area (Å²) in [6.45, 7) is 3.66. The van der Waals surface area contributed by atoms with E-state index in [1.807, 2.05) is 30.3 Å². The second kappa shape index (κ2) is 12.5. The number of hydrogen-bond acceptors (Lipinski definition) is 4. The molecule has 2 aromatic carbocycles. The van der Waals surface area contributed by atoms with Crippen LogP contribution < -0.4 is 15.8 Å². The maximum atomic E-state index is 11.7. The smallest absolute Gasteiger partial charge is 0.221 e. The second-order valence-electron chi connectivity index (χ2n) is 7.38. The average Bonchev–Trinajstić information content (AvgIpc) is 2.74. The number of benzene rings is 2. The number of carbonyl (C=O) groups excluding carboxylic acids is 1. The van der Waals surface area contributed by atoms with Gasteiger partial charge in [0.25, 0.3) is 0 Å². The summed E-state index contributed by atoms with van der Waals surface area (Å²) < 4.78 is 5.87. The Bertz CT molecular complexity index is 725. The van der Waals surface area contributed by atoms with Gasteiger partial charge in [-0.05, 0) is 42.6 Å². The number of nitrogens with one attached hydrogen (secondary N) is 1. The number of ether oxygens (including phenoxy) is 1. The van der Waals surface area contributed by atoms with Crippen LogP contribution in [0.1, 0.15) is 36.8 Å². The largest absolute Gasteiger partial charge is 0.489 e. The Morgan fingerprint density at radius 1 is 1.07 bits per heavy atom. The van der Waals surface area contributed by atoms with Gasteiger partial charge in [0.2, 0.25) is 5.91 Å². The lowest BCUT2D eigenvalue weighted by Crippen LogP contribution is -2.46. The highest BCUT2D eigenvalue weighted by atomic mass is 35.5. The zero-order valence-electron chi connectivity index (χ0n) is 16.9. The Hall–Kier alpha value is -2.08. The van der Waals surface area contributed by atoms with Gasteiger partial charge in [0, 0.05) is 32.1 Å². The highest BCUT2D eigenvalue weighted by Gasteiger charge is 2.22. The van der Waals surface area contributed by atoms with Crippen molar-refractivity contribution in [3.8, 4) is 5.75 Å². The van der Waals surface area contributed by atoms with Crippen LogP contribution in [0.25, 0.3) is 0 Å². The van der Waals surface area contributed by atoms with E-state index in [4.69, 9.17) is 10.5 Å². The number of likely N-dealkylation sites (tertiary alicyclic amines) is 1. The summed E-state index contributed by atoms with van der Waals surface area (Å²) in [5.74, 6) is 0.935. The van der Waals surface area contributed by atoms with Crippen molar-refractivity contribution in [2.45, 2.75) is 44.9 Å². The number of nitrogens with two attached hydrogens (primary N) is 1. The number of rotatable bonds is 9. The summed E-state index contributed by atoms with van der Waals surface area (Å²) in [5, 5.41) is 3.03. The van der Waals surface area contributed by atoms with E-state index in [0.717, 1.165) is 25.3 Å². The normalized spacial score (nSPS) is 16.7. The zero-order valence-corrected chi connectivity index (χ0v) is 17.7. The fourth-order valence-corrected chi connectivity index (χ4v) is 3.62. The number of nitrogens with zero attached hydrogens (tertiary/aromatic N) is 1. The molecule has 3 N–H and O–H groups in total. The molecule has 158 valence electrons. The predicted molar refractivity (Wildman–Crippen MR) is 119 cm³/mol. The van der Waals surface area contributed by atoms with Gasteiger partial charge in [-0.2, -0.15) is 0 Å². The lowest BCUT2D eigenvalue weighted by Gasteiger charge is -2.36. The molecule has 1 amide bonds. The monoisotopic (exact) mass is 417 g/mol. The van der Waals surface area contributed by atoms with Gasteiger partial charge < -0.3 is 15.8 Å². The first-order valence-electron chi connectivity index (χ1n) is 10.2. The zero-order chi connectivity index (χ0) is 19.6. The Morgan fingerprint density at radius 3 is 2.55 bits per heavy atom. The van der Waals surface area contributed by atoms with E-state index in [2.05, 4.69) is 34.5 Å². The summed E-state index contributed by atoms with van der Waals surface area (Å²) in [5.41, 5.74) is 7.89. The molecule has 1 saturated heterocycles. The van der Waals surface area contributed by atoms with Crippen molar-refractivity contribution in [1.82, 2.24) is 10.2 Å². The minimum absolute atomic E-state index is 0. The first-order chi connectivity index (χ1) is 13.7. The molecule has 1 unspecified atom stereocenters. The third-order valence-electron chi connectivity index (χ3n) is 5.21. The Morgan fingerprint density at radius 2 is 1.83 bits per heavy atom. The molecule has 1 heterocycles. The van der Waals surface area contributed by atoms with Gasteiger partial charge in [0.15, 0.2) is 0 Å². The van der Waals surface area contributed by atoms with Crippen LogP contribution >= 0.6 is 12.4 Å². The van der Waals surface area contributed by atoms with Crippen LogP contribution in [0.4, 0.5) is 0 Å². The number of halogens is 1. The fraction of sp³-hybridized carbons (Fsp3) is 0.435. The van der Waals surface area contributed by atoms with Crippen molar-refractivity contribution in [3.05, 3.63) is 65.7 Å². The molecular formula is C23H32ClN3O2. The number of hydrogen-bond donors (Lipinski definition) is 2. The van der Waals surface area contributed by atoms with E-state index in [-0.39, 0.29) is 18.3 Å². The third kappa shape index (κ3) is 7.69. The lowest BCUT2D eigenvalue weighted by molar-refractivity contribution is -0.121. The quantitative estimate of drug-likeness (QED) is 0.655. The van der Waals surface area contributed by atoms with Gasteiger partial charge in [-0.1, -0.05) is 48.9 Å². The molecule has 3 rings (SSSR count). The molecule has 6 heteroatoms. The van der Waals surface area contributed by atoms with Crippen molar-refractivity contribution in [3.63, 3.8) is 0 Å². The molecule has 0 aliphatic carbocycles. The number of amides is 1. The molecule has 0 radical (unpaired) electrons. The van der Waals surface area contributed by atoms with Gasteiger partial charge in [-0.15, -0.1) is 12.4 Å². The van der Waals surface area contributed by atoms with Crippen LogP contribution in [0, 0.1) is 0 Å². The number of carbonyl (C=O) groups is 1. The Labute approximate surface area is 180 Å². The van der Waals surface area contributed by atoms with Gasteiger partial charge >= 0.3 is 0 Å². The van der Waals surface area contributed by atoms with Crippen molar-refractivity contribution < 1.29 is 9.53 Å². The summed E-state index contributed by atoms with van der Waals surface area (Å²) >= 11 is 0. The van der Waals surface area contributed by atoms with Crippen LogP contribution in [0.2, 0.25) is 0 Å². The van der Waals surface area contributed by atoms with Crippen LogP contribution in [-0.4, -0.2) is 36.5 Å². The highest BCUT2D eigenvalue weighted by Crippen LogP contribution is 2.21. The lowest BCUT2D eigenvalue weighted by atomic mass is 10.0. The van der Waals surface area contributed by atoms with Crippen LogP contribution in [0.15, 0.2) is 54.6 Å². The molecule has 1 aliphatic heterocycles. The first kappa shape index (κ1) is 23.2. The van der Waals surface area contributed by atoms with Gasteiger partial charge in [-0.25, -0.2) is 0 Å². The standard InChI is InChI=1S/C23H31N3O2.ClH/c24-14-13-23(27)25-16-21-8-4-5-15-26(21)17-19-9-11-22(12-10-19)28-18-20-6-2-1-3-7-20;/h1-3,6-7,9-12,21H,4-5,8,13-18,24H2,(H,25,27);1H. The molecule has 0 aromatic heterocycles. The SMILES string of the molecule is Cl.NCCC(=O)NCC1CCCCN1Cc1ccc(OCc2ccccc2)cc1. The van der Waals surface area contributed by atoms with Crippen molar-refractivity contribution in [2.75, 3.05) is 19.6 Å². The molecule has 0 bridgehead atoms. The molecule has 0 spiro atoms. The van der Waals surface area contributed by atoms with Crippen LogP contribution in [0.5, 0.6) is 5.75 Å². The van der Waals surface area contributed by atoms with E-state index in [9.17, 15) is 4.79 Å². The van der Waals surface area contributed by atoms with Crippen molar-refractivity contribution >= 4 is 18.3 Å². The summed E-state index contributed by atoms with van der Waals surface area (Å²) in [6.07, 6.45) is 3.96. The van der Waals surface area contributed by atoms with Crippen LogP contribution in [0.3, 0.4) is 0 Å². The minimum atomic E-state index is 0. The van der Waals surface area contributed by atoms with Gasteiger partial charge in [0.05, 0.1) is 0 Å². The molecule has 1 aliphatic rings. The number of piperidine rings is 1. The van der Waals surface area contributed by atoms with E-state index >= 15 is 0 Å². The van der Waals surface area contributed by atoms with Crippen molar-refractivity contribution in [2.24, 2.45) is 5.73 Å². The van der Waals surface area contributed by atoms with Crippen LogP contribution in [-0.2, 0) is 17.9 Å².